The van der Waals surface area contributed by atoms with Crippen LogP contribution in [0.5, 0.6) is 0 Å². The first kappa shape index (κ1) is 21.4. The van der Waals surface area contributed by atoms with Crippen LogP contribution in [0.15, 0.2) is 11.6 Å². The quantitative estimate of drug-likeness (QED) is 0.651. The van der Waals surface area contributed by atoms with Gasteiger partial charge >= 0.3 is 11.9 Å². The zero-order valence-corrected chi connectivity index (χ0v) is 18.9. The number of rotatable bonds is 2. The molecule has 31 heavy (non-hydrogen) atoms. The van der Waals surface area contributed by atoms with Crippen molar-refractivity contribution < 1.29 is 29.3 Å². The lowest BCUT2D eigenvalue weighted by Crippen LogP contribution is -2.62. The summed E-state index contributed by atoms with van der Waals surface area (Å²) >= 11 is 0. The van der Waals surface area contributed by atoms with Crippen molar-refractivity contribution in [3.63, 3.8) is 0 Å². The van der Waals surface area contributed by atoms with E-state index in [0.717, 1.165) is 50.5 Å². The monoisotopic (exact) mass is 432 g/mol. The molecule has 6 heteroatoms. The first-order valence-electron chi connectivity index (χ1n) is 12.0. The van der Waals surface area contributed by atoms with Gasteiger partial charge in [-0.3, -0.25) is 4.79 Å². The topological polar surface area (TPSA) is 93.1 Å². The molecule has 4 fully saturated rings. The molecule has 0 aromatic rings. The lowest BCUT2D eigenvalue weighted by Gasteiger charge is -2.63. The van der Waals surface area contributed by atoms with Gasteiger partial charge in [-0.2, -0.15) is 0 Å². The Morgan fingerprint density at radius 3 is 2.61 bits per heavy atom. The summed E-state index contributed by atoms with van der Waals surface area (Å²) in [4.78, 5) is 23.8. The van der Waals surface area contributed by atoms with Crippen molar-refractivity contribution in [1.29, 1.82) is 0 Å². The molecule has 0 bridgehead atoms. The maximum atomic E-state index is 12.4. The van der Waals surface area contributed by atoms with Crippen LogP contribution < -0.4 is 0 Å². The second-order valence-electron chi connectivity index (χ2n) is 11.5. The minimum absolute atomic E-state index is 0.139. The van der Waals surface area contributed by atoms with Gasteiger partial charge in [0.05, 0.1) is 11.7 Å². The SMILES string of the molecule is CC(=O)O[C@H]1C[C@]2(O)C3CC[C@@H]4C[C@@H](O)CC[C@]4(C)C3CC[C@]2(C)[C@H]1C1=CC(=O)OC1. The summed E-state index contributed by atoms with van der Waals surface area (Å²) in [5.41, 5.74) is -0.420. The number of esters is 2. The molecule has 2 unspecified atom stereocenters. The minimum Gasteiger partial charge on any atom is -0.462 e. The number of hydrogen-bond acceptors (Lipinski definition) is 6. The third-order valence-corrected chi connectivity index (χ3v) is 10.2. The Kier molecular flexibility index (Phi) is 4.88. The minimum atomic E-state index is -0.947. The van der Waals surface area contributed by atoms with Crippen molar-refractivity contribution in [2.75, 3.05) is 6.61 Å². The fourth-order valence-corrected chi connectivity index (χ4v) is 8.76. The van der Waals surface area contributed by atoms with Crippen LogP contribution in [0.1, 0.15) is 72.1 Å². The molecule has 2 N–H and O–H groups in total. The molecule has 0 radical (unpaired) electrons. The van der Waals surface area contributed by atoms with E-state index in [4.69, 9.17) is 9.47 Å². The Morgan fingerprint density at radius 2 is 1.94 bits per heavy atom. The standard InChI is InChI=1S/C25H36O6/c1-14(26)31-20-12-25(29)19-5-4-16-11-17(27)6-8-23(16,2)18(19)7-9-24(25,3)22(20)15-10-21(28)30-13-15/h10,16-20,22,27,29H,4-9,11-13H2,1-3H3/t16-,17+,18?,19?,20+,22+,23+,24-,25+/m1/s1. The van der Waals surface area contributed by atoms with Crippen LogP contribution in [-0.4, -0.2) is 46.6 Å². The summed E-state index contributed by atoms with van der Waals surface area (Å²) in [6.45, 7) is 6.16. The van der Waals surface area contributed by atoms with Crippen molar-refractivity contribution in [3.8, 4) is 0 Å². The van der Waals surface area contributed by atoms with E-state index >= 15 is 0 Å². The third-order valence-electron chi connectivity index (χ3n) is 10.2. The van der Waals surface area contributed by atoms with Gasteiger partial charge < -0.3 is 19.7 Å². The van der Waals surface area contributed by atoms with Crippen molar-refractivity contribution in [2.45, 2.75) is 89.9 Å². The first-order valence-corrected chi connectivity index (χ1v) is 12.0. The first-order chi connectivity index (χ1) is 14.6. The highest BCUT2D eigenvalue weighted by Gasteiger charge is 2.70. The largest absolute Gasteiger partial charge is 0.462 e. The highest BCUT2D eigenvalue weighted by atomic mass is 16.5. The van der Waals surface area contributed by atoms with Crippen LogP contribution in [0, 0.1) is 34.5 Å². The van der Waals surface area contributed by atoms with Crippen LogP contribution in [0.2, 0.25) is 0 Å². The van der Waals surface area contributed by atoms with Crippen LogP contribution >= 0.6 is 0 Å². The van der Waals surface area contributed by atoms with Crippen molar-refractivity contribution in [2.24, 2.45) is 34.5 Å². The molecule has 0 spiro atoms. The molecule has 0 amide bonds. The molecule has 0 aromatic heterocycles. The maximum absolute atomic E-state index is 12.4. The fourth-order valence-electron chi connectivity index (χ4n) is 8.76. The summed E-state index contributed by atoms with van der Waals surface area (Å²) < 4.78 is 11.0. The van der Waals surface area contributed by atoms with Crippen molar-refractivity contribution in [1.82, 2.24) is 0 Å². The number of aliphatic hydroxyl groups is 2. The summed E-state index contributed by atoms with van der Waals surface area (Å²) in [6.07, 6.45) is 7.90. The Bertz CT molecular complexity index is 821. The van der Waals surface area contributed by atoms with E-state index in [1.54, 1.807) is 6.08 Å². The Labute approximate surface area is 184 Å². The number of aliphatic hydroxyl groups excluding tert-OH is 1. The third kappa shape index (κ3) is 2.97. The molecule has 4 aliphatic carbocycles. The average molecular weight is 433 g/mol. The van der Waals surface area contributed by atoms with Crippen molar-refractivity contribution in [3.05, 3.63) is 11.6 Å². The van der Waals surface area contributed by atoms with Gasteiger partial charge in [0.1, 0.15) is 12.7 Å². The van der Waals surface area contributed by atoms with Crippen LogP contribution in [-0.2, 0) is 19.1 Å². The van der Waals surface area contributed by atoms with Gasteiger partial charge in [-0.25, -0.2) is 4.79 Å². The van der Waals surface area contributed by atoms with Gasteiger partial charge in [-0.15, -0.1) is 0 Å². The predicted molar refractivity (Wildman–Crippen MR) is 113 cm³/mol. The van der Waals surface area contributed by atoms with Gasteiger partial charge in [0, 0.05) is 30.8 Å². The van der Waals surface area contributed by atoms with Gasteiger partial charge in [0.15, 0.2) is 0 Å². The zero-order valence-electron chi connectivity index (χ0n) is 18.9. The van der Waals surface area contributed by atoms with Gasteiger partial charge in [-0.1, -0.05) is 13.8 Å². The molecule has 1 heterocycles. The van der Waals surface area contributed by atoms with E-state index in [1.165, 1.54) is 6.92 Å². The molecule has 0 aromatic carbocycles. The molecule has 1 aliphatic heterocycles. The van der Waals surface area contributed by atoms with Crippen molar-refractivity contribution >= 4 is 11.9 Å². The van der Waals surface area contributed by atoms with Gasteiger partial charge in [0.25, 0.3) is 0 Å². The molecular formula is C25H36O6. The molecule has 5 rings (SSSR count). The smallest absolute Gasteiger partial charge is 0.331 e. The number of carbonyl (C=O) groups is 2. The second-order valence-corrected chi connectivity index (χ2v) is 11.5. The molecule has 4 saturated carbocycles. The normalized spacial score (nSPS) is 51.3. The maximum Gasteiger partial charge on any atom is 0.331 e. The van der Waals surface area contributed by atoms with E-state index in [9.17, 15) is 19.8 Å². The molecule has 0 saturated heterocycles. The predicted octanol–water partition coefficient (Wildman–Crippen LogP) is 3.15. The van der Waals surface area contributed by atoms with E-state index in [0.29, 0.717) is 18.3 Å². The molecule has 9 atom stereocenters. The van der Waals surface area contributed by atoms with E-state index in [1.807, 2.05) is 0 Å². The number of carbonyl (C=O) groups excluding carboxylic acids is 2. The highest BCUT2D eigenvalue weighted by molar-refractivity contribution is 5.85. The molecular weight excluding hydrogens is 396 g/mol. The average Bonchev–Trinajstić information content (AvgIpc) is 3.19. The fraction of sp³-hybridized carbons (Fsp3) is 0.840. The van der Waals surface area contributed by atoms with Crippen LogP contribution in [0.25, 0.3) is 0 Å². The Morgan fingerprint density at radius 1 is 1.16 bits per heavy atom. The molecule has 172 valence electrons. The molecule has 5 aliphatic rings. The lowest BCUT2D eigenvalue weighted by atomic mass is 9.43. The number of cyclic esters (lactones) is 1. The number of hydrogen-bond donors (Lipinski definition) is 2. The van der Waals surface area contributed by atoms with E-state index in [2.05, 4.69) is 13.8 Å². The van der Waals surface area contributed by atoms with Gasteiger partial charge in [-0.05, 0) is 73.7 Å². The van der Waals surface area contributed by atoms with Gasteiger partial charge in [0.2, 0.25) is 0 Å². The molecule has 6 nitrogen and oxygen atoms in total. The Hall–Kier alpha value is -1.40. The van der Waals surface area contributed by atoms with E-state index in [-0.39, 0.29) is 41.9 Å². The lowest BCUT2D eigenvalue weighted by molar-refractivity contribution is -0.208. The summed E-state index contributed by atoms with van der Waals surface area (Å²) in [6, 6.07) is 0. The summed E-state index contributed by atoms with van der Waals surface area (Å²) in [7, 11) is 0. The number of ether oxygens (including phenoxy) is 2. The van der Waals surface area contributed by atoms with E-state index < -0.39 is 17.1 Å². The summed E-state index contributed by atoms with van der Waals surface area (Å²) in [5, 5.41) is 22.7. The Balaban J connectivity index is 1.52. The summed E-state index contributed by atoms with van der Waals surface area (Å²) in [5.74, 6) is 0.162. The zero-order chi connectivity index (χ0) is 22.2. The number of fused-ring (bicyclic) bond motifs is 5. The van der Waals surface area contributed by atoms with Crippen LogP contribution in [0.3, 0.4) is 0 Å². The highest BCUT2D eigenvalue weighted by Crippen LogP contribution is 2.70. The van der Waals surface area contributed by atoms with Crippen LogP contribution in [0.4, 0.5) is 0 Å². The second kappa shape index (κ2) is 7.05.